The highest BCUT2D eigenvalue weighted by molar-refractivity contribution is 5.59. The van der Waals surface area contributed by atoms with E-state index in [-0.39, 0.29) is 0 Å². The van der Waals surface area contributed by atoms with Gasteiger partial charge in [0, 0.05) is 12.0 Å². The SMILES string of the molecule is COc1c(Cc2ccco2)[nH]c2c(Cc3ccccc3)nc(-c3ccccc3)c[n+]12. The minimum atomic E-state index is 0.614. The number of rotatable bonds is 6. The molecule has 0 spiro atoms. The standard InChI is InChI=1S/C25H21N3O2/c1-29-25-22(16-20-13-8-14-30-20)27-24-21(15-18-9-4-2-5-10-18)26-23(17-28(24)25)19-11-6-3-7-12-19/h2-14,17H,15-16H2,1H3/p+1. The molecular formula is C25H22N3O2+. The Balaban J connectivity index is 1.69. The van der Waals surface area contributed by atoms with Gasteiger partial charge in [-0.2, -0.15) is 4.40 Å². The number of aromatic nitrogens is 3. The van der Waals surface area contributed by atoms with E-state index in [1.54, 1.807) is 13.4 Å². The van der Waals surface area contributed by atoms with E-state index < -0.39 is 0 Å². The number of aromatic amines is 1. The van der Waals surface area contributed by atoms with Crippen LogP contribution in [0.5, 0.6) is 5.88 Å². The van der Waals surface area contributed by atoms with Crippen molar-refractivity contribution in [3.63, 3.8) is 0 Å². The van der Waals surface area contributed by atoms with Gasteiger partial charge in [-0.3, -0.25) is 0 Å². The van der Waals surface area contributed by atoms with Crippen LogP contribution in [-0.2, 0) is 12.8 Å². The Hall–Kier alpha value is -3.86. The number of methoxy groups -OCH3 is 1. The molecule has 30 heavy (non-hydrogen) atoms. The molecule has 5 nitrogen and oxygen atoms in total. The summed E-state index contributed by atoms with van der Waals surface area (Å²) in [6.45, 7) is 0. The molecule has 0 amide bonds. The first kappa shape index (κ1) is 18.2. The predicted molar refractivity (Wildman–Crippen MR) is 114 cm³/mol. The smallest absolute Gasteiger partial charge is 0.333 e. The molecule has 0 unspecified atom stereocenters. The fourth-order valence-electron chi connectivity index (χ4n) is 3.78. The molecule has 0 aliphatic rings. The van der Waals surface area contributed by atoms with Crippen LogP contribution in [0.2, 0.25) is 0 Å². The van der Waals surface area contributed by atoms with Crippen molar-refractivity contribution in [3.05, 3.63) is 108 Å². The van der Waals surface area contributed by atoms with Crippen LogP contribution in [0.4, 0.5) is 0 Å². The second-order valence-electron chi connectivity index (χ2n) is 7.19. The number of hydrogen-bond acceptors (Lipinski definition) is 3. The summed E-state index contributed by atoms with van der Waals surface area (Å²) in [6, 6.07) is 24.5. The second kappa shape index (κ2) is 7.87. The summed E-state index contributed by atoms with van der Waals surface area (Å²) in [4.78, 5) is 8.56. The van der Waals surface area contributed by atoms with E-state index in [4.69, 9.17) is 14.1 Å². The molecule has 5 heteroatoms. The maximum absolute atomic E-state index is 5.81. The minimum Gasteiger partial charge on any atom is -0.469 e. The van der Waals surface area contributed by atoms with E-state index in [0.717, 1.165) is 46.4 Å². The van der Waals surface area contributed by atoms with Crippen molar-refractivity contribution >= 4 is 5.65 Å². The maximum Gasteiger partial charge on any atom is 0.333 e. The first-order valence-electron chi connectivity index (χ1n) is 9.93. The number of benzene rings is 2. The molecule has 5 rings (SSSR count). The minimum absolute atomic E-state index is 0.614. The van der Waals surface area contributed by atoms with E-state index in [9.17, 15) is 0 Å². The van der Waals surface area contributed by atoms with Crippen LogP contribution in [0.3, 0.4) is 0 Å². The summed E-state index contributed by atoms with van der Waals surface area (Å²) in [6.07, 6.45) is 5.05. The number of H-pyrrole nitrogens is 1. The molecule has 0 fully saturated rings. The zero-order valence-electron chi connectivity index (χ0n) is 16.7. The molecule has 0 atom stereocenters. The molecule has 0 radical (unpaired) electrons. The van der Waals surface area contributed by atoms with Crippen molar-refractivity contribution in [3.8, 4) is 17.1 Å². The lowest BCUT2D eigenvalue weighted by Crippen LogP contribution is -2.24. The summed E-state index contributed by atoms with van der Waals surface area (Å²) in [7, 11) is 1.70. The third kappa shape index (κ3) is 3.46. The highest BCUT2D eigenvalue weighted by Crippen LogP contribution is 2.24. The first-order chi connectivity index (χ1) is 14.8. The summed E-state index contributed by atoms with van der Waals surface area (Å²) < 4.78 is 13.4. The number of hydrogen-bond donors (Lipinski definition) is 1. The monoisotopic (exact) mass is 396 g/mol. The largest absolute Gasteiger partial charge is 0.469 e. The van der Waals surface area contributed by atoms with Gasteiger partial charge in [0.15, 0.2) is 5.69 Å². The number of furan rings is 1. The van der Waals surface area contributed by atoms with Crippen LogP contribution in [0.1, 0.15) is 22.7 Å². The summed E-state index contributed by atoms with van der Waals surface area (Å²) in [5.41, 5.74) is 6.02. The molecule has 0 aliphatic heterocycles. The summed E-state index contributed by atoms with van der Waals surface area (Å²) in [5, 5.41) is 0. The van der Waals surface area contributed by atoms with Crippen molar-refractivity contribution in [1.29, 1.82) is 0 Å². The van der Waals surface area contributed by atoms with Gasteiger partial charge in [-0.05, 0) is 17.7 Å². The normalized spacial score (nSPS) is 11.1. The Kier molecular flexibility index (Phi) is 4.77. The van der Waals surface area contributed by atoms with Gasteiger partial charge < -0.3 is 9.15 Å². The Morgan fingerprint density at radius 3 is 2.40 bits per heavy atom. The van der Waals surface area contributed by atoms with Crippen LogP contribution >= 0.6 is 0 Å². The lowest BCUT2D eigenvalue weighted by Gasteiger charge is -2.05. The van der Waals surface area contributed by atoms with Crippen molar-refractivity contribution < 1.29 is 13.6 Å². The Morgan fingerprint density at radius 2 is 1.70 bits per heavy atom. The number of nitrogens with one attached hydrogen (secondary N) is 1. The maximum atomic E-state index is 5.81. The van der Waals surface area contributed by atoms with Crippen molar-refractivity contribution in [2.45, 2.75) is 12.8 Å². The van der Waals surface area contributed by atoms with Crippen molar-refractivity contribution in [2.24, 2.45) is 0 Å². The van der Waals surface area contributed by atoms with Gasteiger partial charge >= 0.3 is 11.5 Å². The van der Waals surface area contributed by atoms with Gasteiger partial charge in [-0.1, -0.05) is 60.7 Å². The van der Waals surface area contributed by atoms with E-state index in [1.807, 2.05) is 42.6 Å². The predicted octanol–water partition coefficient (Wildman–Crippen LogP) is 4.60. The summed E-state index contributed by atoms with van der Waals surface area (Å²) >= 11 is 0. The topological polar surface area (TPSA) is 55.1 Å². The number of ether oxygens (including phenoxy) is 1. The van der Waals surface area contributed by atoms with E-state index in [1.165, 1.54) is 5.56 Å². The first-order valence-corrected chi connectivity index (χ1v) is 9.93. The fourth-order valence-corrected chi connectivity index (χ4v) is 3.78. The third-order valence-electron chi connectivity index (χ3n) is 5.18. The molecule has 2 aromatic carbocycles. The van der Waals surface area contributed by atoms with Crippen LogP contribution in [0, 0.1) is 0 Å². The van der Waals surface area contributed by atoms with Crippen molar-refractivity contribution in [1.82, 2.24) is 9.97 Å². The van der Waals surface area contributed by atoms with Gasteiger partial charge in [0.2, 0.25) is 0 Å². The van der Waals surface area contributed by atoms with Crippen LogP contribution < -0.4 is 9.14 Å². The molecular weight excluding hydrogens is 374 g/mol. The van der Waals surface area contributed by atoms with E-state index >= 15 is 0 Å². The molecule has 3 aromatic heterocycles. The highest BCUT2D eigenvalue weighted by Gasteiger charge is 2.26. The second-order valence-corrected chi connectivity index (χ2v) is 7.19. The third-order valence-corrected chi connectivity index (χ3v) is 5.18. The molecule has 5 aromatic rings. The molecule has 148 valence electrons. The molecule has 0 bridgehead atoms. The fraction of sp³-hybridized carbons (Fsp3) is 0.120. The van der Waals surface area contributed by atoms with E-state index in [2.05, 4.69) is 45.8 Å². The number of fused-ring (bicyclic) bond motifs is 1. The zero-order valence-corrected chi connectivity index (χ0v) is 16.7. The van der Waals surface area contributed by atoms with Gasteiger partial charge in [-0.15, -0.1) is 0 Å². The molecule has 3 heterocycles. The van der Waals surface area contributed by atoms with Crippen LogP contribution in [0.25, 0.3) is 16.9 Å². The Labute approximate surface area is 174 Å². The zero-order chi connectivity index (χ0) is 20.3. The number of nitrogens with zero attached hydrogens (tertiary/aromatic N) is 2. The average molecular weight is 396 g/mol. The number of imidazole rings is 1. The Morgan fingerprint density at radius 1 is 0.933 bits per heavy atom. The Bertz CT molecular complexity index is 1260. The highest BCUT2D eigenvalue weighted by atomic mass is 16.5. The molecule has 0 aliphatic carbocycles. The van der Waals surface area contributed by atoms with Crippen LogP contribution in [-0.4, -0.2) is 17.1 Å². The van der Waals surface area contributed by atoms with E-state index in [0.29, 0.717) is 6.42 Å². The lowest BCUT2D eigenvalue weighted by molar-refractivity contribution is -0.519. The van der Waals surface area contributed by atoms with Gasteiger partial charge in [0.25, 0.3) is 0 Å². The van der Waals surface area contributed by atoms with Gasteiger partial charge in [0.1, 0.15) is 23.3 Å². The van der Waals surface area contributed by atoms with Crippen molar-refractivity contribution in [2.75, 3.05) is 7.11 Å². The average Bonchev–Trinajstić information content (AvgIpc) is 3.43. The van der Waals surface area contributed by atoms with Gasteiger partial charge in [-0.25, -0.2) is 9.97 Å². The quantitative estimate of drug-likeness (QED) is 0.427. The lowest BCUT2D eigenvalue weighted by atomic mass is 10.1. The van der Waals surface area contributed by atoms with Gasteiger partial charge in [0.05, 0.1) is 19.8 Å². The summed E-state index contributed by atoms with van der Waals surface area (Å²) in [5.74, 6) is 1.64. The molecule has 0 saturated carbocycles. The molecule has 1 N–H and O–H groups in total. The van der Waals surface area contributed by atoms with Crippen LogP contribution in [0.15, 0.2) is 89.7 Å². The molecule has 0 saturated heterocycles.